The van der Waals surface area contributed by atoms with Crippen molar-refractivity contribution in [2.24, 2.45) is 0 Å². The zero-order valence-electron chi connectivity index (χ0n) is 11.6. The lowest BCUT2D eigenvalue weighted by atomic mass is 9.89. The van der Waals surface area contributed by atoms with Crippen LogP contribution >= 0.6 is 0 Å². The first kappa shape index (κ1) is 12.0. The molecule has 2 aromatic rings. The fraction of sp³-hybridized carbons (Fsp3) is 0.333. The van der Waals surface area contributed by atoms with Crippen LogP contribution in [0.2, 0.25) is 0 Å². The van der Waals surface area contributed by atoms with Gasteiger partial charge in [-0.15, -0.1) is 0 Å². The van der Waals surface area contributed by atoms with Crippen molar-refractivity contribution in [3.8, 4) is 0 Å². The Hall–Kier alpha value is -1.80. The van der Waals surface area contributed by atoms with Gasteiger partial charge in [-0.05, 0) is 23.6 Å². The van der Waals surface area contributed by atoms with Gasteiger partial charge in [-0.2, -0.15) is 0 Å². The Kier molecular flexibility index (Phi) is 2.96. The third-order valence-electron chi connectivity index (χ3n) is 4.65. The van der Waals surface area contributed by atoms with Gasteiger partial charge in [-0.1, -0.05) is 48.5 Å². The van der Waals surface area contributed by atoms with E-state index in [1.54, 1.807) is 0 Å². The topological polar surface area (TPSA) is 15.3 Å². The van der Waals surface area contributed by atoms with Crippen LogP contribution in [-0.4, -0.2) is 24.0 Å². The molecule has 2 aliphatic rings. The van der Waals surface area contributed by atoms with Crippen molar-refractivity contribution >= 4 is 5.69 Å². The number of anilines is 1. The van der Waals surface area contributed by atoms with Gasteiger partial charge in [0.25, 0.3) is 0 Å². The second kappa shape index (κ2) is 4.95. The van der Waals surface area contributed by atoms with Gasteiger partial charge in [0, 0.05) is 37.3 Å². The van der Waals surface area contributed by atoms with E-state index in [2.05, 4.69) is 64.8 Å². The van der Waals surface area contributed by atoms with Crippen molar-refractivity contribution in [3.63, 3.8) is 0 Å². The molecule has 4 rings (SSSR count). The lowest BCUT2D eigenvalue weighted by molar-refractivity contribution is 0.194. The molecule has 0 bridgehead atoms. The van der Waals surface area contributed by atoms with Gasteiger partial charge in [0.05, 0.1) is 0 Å². The number of hydrogen-bond acceptors (Lipinski definition) is 2. The van der Waals surface area contributed by atoms with Crippen molar-refractivity contribution in [1.29, 1.82) is 0 Å². The minimum atomic E-state index is 0.638. The van der Waals surface area contributed by atoms with Crippen LogP contribution in [0.5, 0.6) is 0 Å². The summed E-state index contributed by atoms with van der Waals surface area (Å²) in [5.74, 6) is 0.656. The average molecular weight is 264 g/mol. The van der Waals surface area contributed by atoms with E-state index in [1.165, 1.54) is 36.3 Å². The molecule has 0 aromatic heterocycles. The Morgan fingerprint density at radius 1 is 1.00 bits per heavy atom. The summed E-state index contributed by atoms with van der Waals surface area (Å²) in [5.41, 5.74) is 4.28. The molecule has 1 N–H and O–H groups in total. The smallest absolute Gasteiger partial charge is 0.0379 e. The highest BCUT2D eigenvalue weighted by molar-refractivity contribution is 5.59. The maximum absolute atomic E-state index is 3.69. The van der Waals surface area contributed by atoms with Crippen LogP contribution in [0, 0.1) is 0 Å². The second-order valence-corrected chi connectivity index (χ2v) is 5.95. The van der Waals surface area contributed by atoms with E-state index < -0.39 is 0 Å². The molecule has 2 nitrogen and oxygen atoms in total. The SMILES string of the molecule is c1ccc(CN2CC[C@@H]3Nc4ccccc4[C@@H]3C2)cc1. The predicted molar refractivity (Wildman–Crippen MR) is 82.9 cm³/mol. The number of nitrogens with one attached hydrogen (secondary N) is 1. The second-order valence-electron chi connectivity index (χ2n) is 5.95. The molecule has 1 fully saturated rings. The number of fused-ring (bicyclic) bond motifs is 3. The van der Waals surface area contributed by atoms with Gasteiger partial charge >= 0.3 is 0 Å². The average Bonchev–Trinajstić information content (AvgIpc) is 2.86. The Bertz CT molecular complexity index is 593. The molecule has 20 heavy (non-hydrogen) atoms. The Balaban J connectivity index is 1.51. The highest BCUT2D eigenvalue weighted by Gasteiger charge is 2.36. The van der Waals surface area contributed by atoms with Crippen molar-refractivity contribution < 1.29 is 0 Å². The number of rotatable bonds is 2. The Morgan fingerprint density at radius 2 is 1.80 bits per heavy atom. The van der Waals surface area contributed by atoms with Gasteiger partial charge in [0.1, 0.15) is 0 Å². The zero-order valence-corrected chi connectivity index (χ0v) is 11.6. The molecule has 0 unspecified atom stereocenters. The van der Waals surface area contributed by atoms with Gasteiger partial charge in [0.15, 0.2) is 0 Å². The molecule has 2 heteroatoms. The van der Waals surface area contributed by atoms with Crippen molar-refractivity contribution in [3.05, 3.63) is 65.7 Å². The molecule has 2 heterocycles. The van der Waals surface area contributed by atoms with E-state index >= 15 is 0 Å². The molecule has 1 saturated heterocycles. The van der Waals surface area contributed by atoms with E-state index in [4.69, 9.17) is 0 Å². The summed E-state index contributed by atoms with van der Waals surface area (Å²) < 4.78 is 0. The van der Waals surface area contributed by atoms with Gasteiger partial charge < -0.3 is 5.32 Å². The molecule has 2 aromatic carbocycles. The Morgan fingerprint density at radius 3 is 2.70 bits per heavy atom. The minimum Gasteiger partial charge on any atom is -0.381 e. The summed E-state index contributed by atoms with van der Waals surface area (Å²) in [7, 11) is 0. The van der Waals surface area contributed by atoms with Crippen LogP contribution in [0.1, 0.15) is 23.5 Å². The molecule has 102 valence electrons. The van der Waals surface area contributed by atoms with E-state index in [0.717, 1.165) is 6.54 Å². The third-order valence-corrected chi connectivity index (χ3v) is 4.65. The van der Waals surface area contributed by atoms with Crippen LogP contribution in [0.25, 0.3) is 0 Å². The van der Waals surface area contributed by atoms with Crippen LogP contribution in [0.4, 0.5) is 5.69 Å². The summed E-state index contributed by atoms with van der Waals surface area (Å²) in [5, 5.41) is 3.69. The lowest BCUT2D eigenvalue weighted by Crippen LogP contribution is -2.41. The monoisotopic (exact) mass is 264 g/mol. The van der Waals surface area contributed by atoms with Crippen molar-refractivity contribution in [2.75, 3.05) is 18.4 Å². The molecule has 0 aliphatic carbocycles. The van der Waals surface area contributed by atoms with Crippen LogP contribution in [-0.2, 0) is 6.54 Å². The molecule has 0 saturated carbocycles. The molecule has 2 aliphatic heterocycles. The summed E-state index contributed by atoms with van der Waals surface area (Å²) in [4.78, 5) is 2.60. The van der Waals surface area contributed by atoms with E-state index in [-0.39, 0.29) is 0 Å². The molecular formula is C18H20N2. The standard InChI is InChI=1S/C18H20N2/c1-2-6-14(7-3-1)12-20-11-10-18-16(13-20)15-8-4-5-9-17(15)19-18/h1-9,16,18-19H,10-13H2/t16-,18-/m0/s1. The summed E-state index contributed by atoms with van der Waals surface area (Å²) >= 11 is 0. The van der Waals surface area contributed by atoms with Crippen molar-refractivity contribution in [1.82, 2.24) is 4.90 Å². The first-order valence-corrected chi connectivity index (χ1v) is 7.52. The normalized spacial score (nSPS) is 24.8. The van der Waals surface area contributed by atoms with Crippen LogP contribution in [0.3, 0.4) is 0 Å². The summed E-state index contributed by atoms with van der Waals surface area (Å²) in [6, 6.07) is 20.3. The number of likely N-dealkylation sites (tertiary alicyclic amines) is 1. The number of para-hydroxylation sites is 1. The number of hydrogen-bond donors (Lipinski definition) is 1. The maximum atomic E-state index is 3.69. The van der Waals surface area contributed by atoms with Crippen molar-refractivity contribution in [2.45, 2.75) is 24.9 Å². The first-order chi connectivity index (χ1) is 9.90. The molecule has 0 radical (unpaired) electrons. The van der Waals surface area contributed by atoms with E-state index in [0.29, 0.717) is 12.0 Å². The fourth-order valence-electron chi connectivity index (χ4n) is 3.64. The summed E-state index contributed by atoms with van der Waals surface area (Å²) in [6.45, 7) is 3.44. The number of piperidine rings is 1. The summed E-state index contributed by atoms with van der Waals surface area (Å²) in [6.07, 6.45) is 1.24. The maximum Gasteiger partial charge on any atom is 0.0379 e. The lowest BCUT2D eigenvalue weighted by Gasteiger charge is -2.35. The number of nitrogens with zero attached hydrogens (tertiary/aromatic N) is 1. The Labute approximate surface area is 120 Å². The highest BCUT2D eigenvalue weighted by atomic mass is 15.2. The van der Waals surface area contributed by atoms with E-state index in [9.17, 15) is 0 Å². The van der Waals surface area contributed by atoms with Crippen LogP contribution in [0.15, 0.2) is 54.6 Å². The van der Waals surface area contributed by atoms with Crippen LogP contribution < -0.4 is 5.32 Å². The van der Waals surface area contributed by atoms with Gasteiger partial charge in [-0.3, -0.25) is 4.90 Å². The first-order valence-electron chi connectivity index (χ1n) is 7.52. The third kappa shape index (κ3) is 2.10. The zero-order chi connectivity index (χ0) is 13.4. The molecule has 0 amide bonds. The van der Waals surface area contributed by atoms with E-state index in [1.807, 2.05) is 0 Å². The molecule has 0 spiro atoms. The van der Waals surface area contributed by atoms with Gasteiger partial charge in [-0.25, -0.2) is 0 Å². The predicted octanol–water partition coefficient (Wildman–Crippen LogP) is 3.47. The highest BCUT2D eigenvalue weighted by Crippen LogP contribution is 2.40. The van der Waals surface area contributed by atoms with Gasteiger partial charge in [0.2, 0.25) is 0 Å². The molecule has 2 atom stereocenters. The fourth-order valence-corrected chi connectivity index (χ4v) is 3.64. The minimum absolute atomic E-state index is 0.638. The quantitative estimate of drug-likeness (QED) is 0.893. The largest absolute Gasteiger partial charge is 0.381 e. The number of benzene rings is 2. The molecular weight excluding hydrogens is 244 g/mol.